The lowest BCUT2D eigenvalue weighted by Crippen LogP contribution is -2.38. The van der Waals surface area contributed by atoms with Crippen LogP contribution in [0.4, 0.5) is 4.39 Å². The highest BCUT2D eigenvalue weighted by Gasteiger charge is 2.17. The SMILES string of the molecule is CCCC(N)C(CC)Oc1ccc(C)c(F)c1. The molecule has 0 saturated heterocycles. The van der Waals surface area contributed by atoms with E-state index >= 15 is 0 Å². The van der Waals surface area contributed by atoms with Crippen molar-refractivity contribution in [1.29, 1.82) is 0 Å². The smallest absolute Gasteiger partial charge is 0.129 e. The zero-order valence-corrected chi connectivity index (χ0v) is 10.9. The quantitative estimate of drug-likeness (QED) is 0.825. The average Bonchev–Trinajstić information content (AvgIpc) is 2.30. The van der Waals surface area contributed by atoms with E-state index in [9.17, 15) is 4.39 Å². The molecule has 3 heteroatoms. The first-order chi connectivity index (χ1) is 8.08. The molecule has 2 unspecified atom stereocenters. The van der Waals surface area contributed by atoms with E-state index in [-0.39, 0.29) is 18.0 Å². The highest BCUT2D eigenvalue weighted by Crippen LogP contribution is 2.19. The summed E-state index contributed by atoms with van der Waals surface area (Å²) in [6.07, 6.45) is 2.74. The Labute approximate surface area is 103 Å². The summed E-state index contributed by atoms with van der Waals surface area (Å²) in [5.74, 6) is 0.327. The van der Waals surface area contributed by atoms with Crippen LogP contribution < -0.4 is 10.5 Å². The second-order valence-corrected chi connectivity index (χ2v) is 4.43. The van der Waals surface area contributed by atoms with E-state index < -0.39 is 0 Å². The number of hydrogen-bond acceptors (Lipinski definition) is 2. The van der Waals surface area contributed by atoms with Crippen molar-refractivity contribution >= 4 is 0 Å². The minimum atomic E-state index is -0.235. The molecule has 0 saturated carbocycles. The van der Waals surface area contributed by atoms with Gasteiger partial charge in [-0.1, -0.05) is 26.3 Å². The third kappa shape index (κ3) is 4.00. The lowest BCUT2D eigenvalue weighted by atomic mass is 10.0. The van der Waals surface area contributed by atoms with Crippen LogP contribution in [0.15, 0.2) is 18.2 Å². The van der Waals surface area contributed by atoms with Crippen molar-refractivity contribution in [1.82, 2.24) is 0 Å². The second-order valence-electron chi connectivity index (χ2n) is 4.43. The summed E-state index contributed by atoms with van der Waals surface area (Å²) in [6.45, 7) is 5.86. The van der Waals surface area contributed by atoms with Crippen LogP contribution in [0.2, 0.25) is 0 Å². The fourth-order valence-electron chi connectivity index (χ4n) is 1.81. The van der Waals surface area contributed by atoms with Crippen molar-refractivity contribution in [2.75, 3.05) is 0 Å². The van der Waals surface area contributed by atoms with Crippen LogP contribution in [0.5, 0.6) is 5.75 Å². The normalized spacial score (nSPS) is 14.4. The number of nitrogens with two attached hydrogens (primary N) is 1. The molecule has 2 N–H and O–H groups in total. The van der Waals surface area contributed by atoms with Gasteiger partial charge in [-0.2, -0.15) is 0 Å². The van der Waals surface area contributed by atoms with Crippen LogP contribution in [-0.2, 0) is 0 Å². The molecule has 0 spiro atoms. The molecule has 1 rings (SSSR count). The Morgan fingerprint density at radius 3 is 2.59 bits per heavy atom. The predicted octanol–water partition coefficient (Wildman–Crippen LogP) is 3.42. The maximum absolute atomic E-state index is 13.4. The van der Waals surface area contributed by atoms with Gasteiger partial charge in [0.05, 0.1) is 0 Å². The fourth-order valence-corrected chi connectivity index (χ4v) is 1.81. The molecule has 0 radical (unpaired) electrons. The van der Waals surface area contributed by atoms with Gasteiger partial charge in [0.15, 0.2) is 0 Å². The number of hydrogen-bond donors (Lipinski definition) is 1. The minimum Gasteiger partial charge on any atom is -0.489 e. The molecule has 0 aromatic heterocycles. The summed E-state index contributed by atoms with van der Waals surface area (Å²) in [5, 5.41) is 0. The van der Waals surface area contributed by atoms with E-state index in [0.717, 1.165) is 19.3 Å². The van der Waals surface area contributed by atoms with Gasteiger partial charge in [-0.3, -0.25) is 0 Å². The van der Waals surface area contributed by atoms with Crippen molar-refractivity contribution in [2.24, 2.45) is 5.73 Å². The van der Waals surface area contributed by atoms with Gasteiger partial charge in [0.25, 0.3) is 0 Å². The van der Waals surface area contributed by atoms with Gasteiger partial charge >= 0.3 is 0 Å². The van der Waals surface area contributed by atoms with Crippen molar-refractivity contribution in [2.45, 2.75) is 52.2 Å². The number of ether oxygens (including phenoxy) is 1. The van der Waals surface area contributed by atoms with Crippen molar-refractivity contribution in [3.63, 3.8) is 0 Å². The molecule has 0 amide bonds. The summed E-state index contributed by atoms with van der Waals surface area (Å²) in [7, 11) is 0. The van der Waals surface area contributed by atoms with Gasteiger partial charge in [-0.05, 0) is 31.4 Å². The van der Waals surface area contributed by atoms with Gasteiger partial charge in [-0.15, -0.1) is 0 Å². The Hall–Kier alpha value is -1.09. The first-order valence-corrected chi connectivity index (χ1v) is 6.26. The zero-order valence-electron chi connectivity index (χ0n) is 10.9. The molecule has 0 bridgehead atoms. The maximum Gasteiger partial charge on any atom is 0.129 e. The molecule has 0 fully saturated rings. The van der Waals surface area contributed by atoms with Gasteiger partial charge in [0.1, 0.15) is 17.7 Å². The standard InChI is InChI=1S/C14H22FNO/c1-4-6-13(16)14(5-2)17-11-8-7-10(3)12(15)9-11/h7-9,13-14H,4-6,16H2,1-3H3. The molecule has 0 aliphatic heterocycles. The summed E-state index contributed by atoms with van der Waals surface area (Å²) in [4.78, 5) is 0. The zero-order chi connectivity index (χ0) is 12.8. The van der Waals surface area contributed by atoms with Crippen LogP contribution in [0, 0.1) is 12.7 Å². The van der Waals surface area contributed by atoms with Crippen LogP contribution in [0.1, 0.15) is 38.7 Å². The fraction of sp³-hybridized carbons (Fsp3) is 0.571. The van der Waals surface area contributed by atoms with Crippen LogP contribution >= 0.6 is 0 Å². The second kappa shape index (κ2) is 6.60. The number of benzene rings is 1. The van der Waals surface area contributed by atoms with Gasteiger partial charge in [0, 0.05) is 12.1 Å². The lowest BCUT2D eigenvalue weighted by Gasteiger charge is -2.23. The van der Waals surface area contributed by atoms with Crippen LogP contribution in [0.3, 0.4) is 0 Å². The largest absolute Gasteiger partial charge is 0.489 e. The molecular weight excluding hydrogens is 217 g/mol. The first kappa shape index (κ1) is 14.0. The molecule has 0 aliphatic carbocycles. The van der Waals surface area contributed by atoms with Crippen LogP contribution in [-0.4, -0.2) is 12.1 Å². The third-order valence-electron chi connectivity index (χ3n) is 2.93. The summed E-state index contributed by atoms with van der Waals surface area (Å²) >= 11 is 0. The minimum absolute atomic E-state index is 0.00867. The van der Waals surface area contributed by atoms with E-state index in [0.29, 0.717) is 11.3 Å². The topological polar surface area (TPSA) is 35.2 Å². The highest BCUT2D eigenvalue weighted by atomic mass is 19.1. The summed E-state index contributed by atoms with van der Waals surface area (Å²) in [5.41, 5.74) is 6.66. The molecule has 96 valence electrons. The van der Waals surface area contributed by atoms with Crippen LogP contribution in [0.25, 0.3) is 0 Å². The van der Waals surface area contributed by atoms with E-state index in [4.69, 9.17) is 10.5 Å². The lowest BCUT2D eigenvalue weighted by molar-refractivity contribution is 0.160. The highest BCUT2D eigenvalue weighted by molar-refractivity contribution is 5.28. The van der Waals surface area contributed by atoms with Crippen molar-refractivity contribution < 1.29 is 9.13 Å². The summed E-state index contributed by atoms with van der Waals surface area (Å²) < 4.78 is 19.1. The molecule has 17 heavy (non-hydrogen) atoms. The Kier molecular flexibility index (Phi) is 5.42. The van der Waals surface area contributed by atoms with E-state index in [1.165, 1.54) is 6.07 Å². The predicted molar refractivity (Wildman–Crippen MR) is 68.7 cm³/mol. The van der Waals surface area contributed by atoms with Gasteiger partial charge in [-0.25, -0.2) is 4.39 Å². The number of rotatable bonds is 6. The van der Waals surface area contributed by atoms with Crippen molar-refractivity contribution in [3.8, 4) is 5.75 Å². The monoisotopic (exact) mass is 239 g/mol. The van der Waals surface area contributed by atoms with Crippen molar-refractivity contribution in [3.05, 3.63) is 29.6 Å². The van der Waals surface area contributed by atoms with Gasteiger partial charge < -0.3 is 10.5 Å². The average molecular weight is 239 g/mol. The Morgan fingerprint density at radius 1 is 1.35 bits per heavy atom. The Bertz CT molecular complexity index is 354. The van der Waals surface area contributed by atoms with E-state index in [1.807, 2.05) is 6.92 Å². The summed E-state index contributed by atoms with van der Waals surface area (Å²) in [6, 6.07) is 4.95. The van der Waals surface area contributed by atoms with E-state index in [2.05, 4.69) is 6.92 Å². The first-order valence-electron chi connectivity index (χ1n) is 6.26. The molecule has 2 nitrogen and oxygen atoms in total. The third-order valence-corrected chi connectivity index (χ3v) is 2.93. The van der Waals surface area contributed by atoms with E-state index in [1.54, 1.807) is 19.1 Å². The maximum atomic E-state index is 13.4. The molecule has 1 aromatic carbocycles. The molecular formula is C14H22FNO. The molecule has 2 atom stereocenters. The number of halogens is 1. The number of aryl methyl sites for hydroxylation is 1. The Balaban J connectivity index is 2.70. The molecule has 0 aliphatic rings. The Morgan fingerprint density at radius 2 is 2.06 bits per heavy atom. The van der Waals surface area contributed by atoms with Gasteiger partial charge in [0.2, 0.25) is 0 Å². The molecule has 1 aromatic rings. The molecule has 0 heterocycles.